The molecule has 9 nitrogen and oxygen atoms in total. The molecule has 1 N–H and O–H groups in total. The second kappa shape index (κ2) is 12.2. The van der Waals surface area contributed by atoms with Crippen LogP contribution < -0.4 is 0 Å². The van der Waals surface area contributed by atoms with E-state index in [1.54, 1.807) is 49.1 Å². The molecule has 0 aliphatic carbocycles. The Bertz CT molecular complexity index is 1980. The number of fused-ring (bicyclic) bond motifs is 2. The van der Waals surface area contributed by atoms with Crippen molar-refractivity contribution in [2.75, 3.05) is 7.11 Å². The standard InChI is InChI=1S/C17H15N3O.C16H11N3O2/c1-17(2,21)15-10-16-18-11-14(12-20(16)19-15)9-8-13-6-4-3-5-7-13;1-21-16(20)14-9-15-17-10-13(11-19(15)18-14)8-7-12-5-3-2-4-6-12/h3-7,10-12,21H,1-2H3;2-6,9-11H,1H3. The molecule has 0 aliphatic rings. The highest BCUT2D eigenvalue weighted by Crippen LogP contribution is 2.19. The van der Waals surface area contributed by atoms with Crippen LogP contribution in [0.3, 0.4) is 0 Å². The summed E-state index contributed by atoms with van der Waals surface area (Å²) in [7, 11) is 1.32. The largest absolute Gasteiger partial charge is 0.464 e. The topological polar surface area (TPSA) is 107 Å². The highest BCUT2D eigenvalue weighted by atomic mass is 16.5. The van der Waals surface area contributed by atoms with Crippen LogP contribution in [0.4, 0.5) is 0 Å². The summed E-state index contributed by atoms with van der Waals surface area (Å²) in [6, 6.07) is 22.8. The van der Waals surface area contributed by atoms with Crippen molar-refractivity contribution >= 4 is 17.3 Å². The summed E-state index contributed by atoms with van der Waals surface area (Å²) in [5.41, 5.74) is 4.45. The smallest absolute Gasteiger partial charge is 0.358 e. The van der Waals surface area contributed by atoms with Crippen molar-refractivity contribution in [3.63, 3.8) is 0 Å². The second-order valence-electron chi connectivity index (χ2n) is 9.63. The van der Waals surface area contributed by atoms with Gasteiger partial charge in [0.15, 0.2) is 17.0 Å². The van der Waals surface area contributed by atoms with Crippen LogP contribution in [-0.4, -0.2) is 47.4 Å². The van der Waals surface area contributed by atoms with E-state index in [9.17, 15) is 9.90 Å². The van der Waals surface area contributed by atoms with Crippen LogP contribution in [0.5, 0.6) is 0 Å². The lowest BCUT2D eigenvalue weighted by Crippen LogP contribution is -2.16. The average Bonchev–Trinajstić information content (AvgIpc) is 3.64. The van der Waals surface area contributed by atoms with Gasteiger partial charge in [0.1, 0.15) is 5.60 Å². The Morgan fingerprint density at radius 3 is 1.71 bits per heavy atom. The Hall–Kier alpha value is -5.77. The molecule has 42 heavy (non-hydrogen) atoms. The summed E-state index contributed by atoms with van der Waals surface area (Å²) in [5, 5.41) is 18.4. The van der Waals surface area contributed by atoms with Crippen molar-refractivity contribution in [2.24, 2.45) is 0 Å². The van der Waals surface area contributed by atoms with Gasteiger partial charge in [0.05, 0.1) is 23.9 Å². The third kappa shape index (κ3) is 6.86. The van der Waals surface area contributed by atoms with Gasteiger partial charge in [-0.3, -0.25) is 0 Å². The molecule has 0 atom stereocenters. The molecular formula is C33H26N6O3. The number of nitrogens with zero attached hydrogens (tertiary/aromatic N) is 6. The van der Waals surface area contributed by atoms with Gasteiger partial charge in [0.2, 0.25) is 0 Å². The van der Waals surface area contributed by atoms with Gasteiger partial charge in [-0.15, -0.1) is 0 Å². The molecule has 2 aromatic carbocycles. The number of benzene rings is 2. The number of esters is 1. The van der Waals surface area contributed by atoms with E-state index < -0.39 is 11.6 Å². The minimum absolute atomic E-state index is 0.221. The average molecular weight is 555 g/mol. The molecule has 0 unspecified atom stereocenters. The van der Waals surface area contributed by atoms with E-state index in [1.165, 1.54) is 11.6 Å². The highest BCUT2D eigenvalue weighted by Gasteiger charge is 2.20. The van der Waals surface area contributed by atoms with Crippen LogP contribution >= 0.6 is 0 Å². The first kappa shape index (κ1) is 27.8. The van der Waals surface area contributed by atoms with Gasteiger partial charge < -0.3 is 9.84 Å². The maximum absolute atomic E-state index is 11.4. The fourth-order valence-corrected chi connectivity index (χ4v) is 3.72. The summed E-state index contributed by atoms with van der Waals surface area (Å²) in [6.45, 7) is 3.40. The third-order valence-electron chi connectivity index (χ3n) is 5.90. The first-order chi connectivity index (χ1) is 20.3. The third-order valence-corrected chi connectivity index (χ3v) is 5.90. The number of aliphatic hydroxyl groups is 1. The number of carbonyl (C=O) groups excluding carboxylic acids is 1. The van der Waals surface area contributed by atoms with E-state index in [0.29, 0.717) is 22.6 Å². The molecule has 0 aliphatic heterocycles. The van der Waals surface area contributed by atoms with E-state index in [2.05, 4.69) is 48.6 Å². The highest BCUT2D eigenvalue weighted by molar-refractivity contribution is 5.88. The Morgan fingerprint density at radius 2 is 1.21 bits per heavy atom. The summed E-state index contributed by atoms with van der Waals surface area (Å²) < 4.78 is 7.79. The monoisotopic (exact) mass is 554 g/mol. The summed E-state index contributed by atoms with van der Waals surface area (Å²) in [6.07, 6.45) is 6.90. The van der Waals surface area contributed by atoms with Gasteiger partial charge in [0, 0.05) is 48.0 Å². The van der Waals surface area contributed by atoms with Crippen LogP contribution in [0.1, 0.15) is 52.3 Å². The van der Waals surface area contributed by atoms with E-state index >= 15 is 0 Å². The Labute approximate surface area is 242 Å². The van der Waals surface area contributed by atoms with Crippen molar-refractivity contribution in [1.29, 1.82) is 0 Å². The molecule has 4 aromatic heterocycles. The first-order valence-electron chi connectivity index (χ1n) is 12.9. The minimum atomic E-state index is -0.983. The van der Waals surface area contributed by atoms with Crippen molar-refractivity contribution in [3.05, 3.63) is 131 Å². The number of hydrogen-bond donors (Lipinski definition) is 1. The van der Waals surface area contributed by atoms with Gasteiger partial charge in [-0.05, 0) is 38.1 Å². The quantitative estimate of drug-likeness (QED) is 0.252. The molecule has 0 bridgehead atoms. The van der Waals surface area contributed by atoms with Crippen LogP contribution in [0.2, 0.25) is 0 Å². The molecule has 0 saturated carbocycles. The second-order valence-corrected chi connectivity index (χ2v) is 9.63. The number of ether oxygens (including phenoxy) is 1. The van der Waals surface area contributed by atoms with E-state index in [1.807, 2.05) is 66.9 Å². The van der Waals surface area contributed by atoms with Gasteiger partial charge in [-0.1, -0.05) is 60.1 Å². The number of rotatable bonds is 2. The number of methoxy groups -OCH3 is 1. The van der Waals surface area contributed by atoms with Crippen molar-refractivity contribution in [2.45, 2.75) is 19.4 Å². The lowest BCUT2D eigenvalue weighted by molar-refractivity contribution is 0.0593. The maximum Gasteiger partial charge on any atom is 0.358 e. The van der Waals surface area contributed by atoms with Gasteiger partial charge in [-0.25, -0.2) is 23.8 Å². The van der Waals surface area contributed by atoms with Crippen molar-refractivity contribution in [1.82, 2.24) is 29.2 Å². The molecule has 0 fully saturated rings. The molecule has 0 spiro atoms. The van der Waals surface area contributed by atoms with Crippen LogP contribution in [0.15, 0.2) is 97.6 Å². The lowest BCUT2D eigenvalue weighted by Gasteiger charge is -2.12. The maximum atomic E-state index is 11.4. The van der Waals surface area contributed by atoms with Gasteiger partial charge >= 0.3 is 5.97 Å². The Balaban J connectivity index is 0.000000168. The van der Waals surface area contributed by atoms with Crippen LogP contribution in [-0.2, 0) is 10.3 Å². The number of carbonyl (C=O) groups is 1. The van der Waals surface area contributed by atoms with E-state index in [-0.39, 0.29) is 5.69 Å². The van der Waals surface area contributed by atoms with Crippen molar-refractivity contribution < 1.29 is 14.6 Å². The number of hydrogen-bond acceptors (Lipinski definition) is 7. The predicted octanol–water partition coefficient (Wildman–Crippen LogP) is 4.27. The minimum Gasteiger partial charge on any atom is -0.464 e. The molecule has 0 radical (unpaired) electrons. The summed E-state index contributed by atoms with van der Waals surface area (Å²) in [4.78, 5) is 20.0. The molecule has 0 saturated heterocycles. The van der Waals surface area contributed by atoms with Crippen LogP contribution in [0, 0.1) is 23.7 Å². The molecule has 0 amide bonds. The zero-order valence-electron chi connectivity index (χ0n) is 23.2. The molecule has 9 heteroatoms. The SMILES string of the molecule is CC(C)(O)c1cc2ncc(C#Cc3ccccc3)cn2n1.COC(=O)c1cc2ncc(C#Cc3ccccc3)cn2n1. The Morgan fingerprint density at radius 1 is 0.738 bits per heavy atom. The van der Waals surface area contributed by atoms with E-state index in [4.69, 9.17) is 0 Å². The van der Waals surface area contributed by atoms with Gasteiger partial charge in [-0.2, -0.15) is 10.2 Å². The number of aromatic nitrogens is 6. The molecule has 4 heterocycles. The summed E-state index contributed by atoms with van der Waals surface area (Å²) >= 11 is 0. The van der Waals surface area contributed by atoms with Crippen molar-refractivity contribution in [3.8, 4) is 23.7 Å². The summed E-state index contributed by atoms with van der Waals surface area (Å²) in [5.74, 6) is 11.7. The van der Waals surface area contributed by atoms with Crippen LogP contribution in [0.25, 0.3) is 11.3 Å². The lowest BCUT2D eigenvalue weighted by atomic mass is 10.1. The zero-order valence-corrected chi connectivity index (χ0v) is 23.2. The van der Waals surface area contributed by atoms with Gasteiger partial charge in [0.25, 0.3) is 0 Å². The Kier molecular flexibility index (Phi) is 8.05. The molecule has 206 valence electrons. The van der Waals surface area contributed by atoms with E-state index in [0.717, 1.165) is 16.7 Å². The fourth-order valence-electron chi connectivity index (χ4n) is 3.72. The zero-order chi connectivity index (χ0) is 29.5. The normalized spacial score (nSPS) is 10.6. The first-order valence-corrected chi connectivity index (χ1v) is 12.9. The molecule has 6 rings (SSSR count). The molecular weight excluding hydrogens is 528 g/mol. The molecule has 6 aromatic rings. The predicted molar refractivity (Wildman–Crippen MR) is 157 cm³/mol. The fraction of sp³-hybridized carbons (Fsp3) is 0.121.